The van der Waals surface area contributed by atoms with E-state index in [1.807, 2.05) is 6.07 Å². The zero-order chi connectivity index (χ0) is 15.2. The molecule has 0 atom stereocenters. The summed E-state index contributed by atoms with van der Waals surface area (Å²) in [6, 6.07) is 13.3. The number of nitriles is 1. The minimum Gasteiger partial charge on any atom is -0.482 e. The Morgan fingerprint density at radius 1 is 1.29 bits per heavy atom. The van der Waals surface area contributed by atoms with E-state index in [9.17, 15) is 4.79 Å². The van der Waals surface area contributed by atoms with E-state index in [0.717, 1.165) is 0 Å². The number of ether oxygens (including phenoxy) is 1. The molecule has 106 valence electrons. The third-order valence-electron chi connectivity index (χ3n) is 2.61. The third-order valence-corrected chi connectivity index (χ3v) is 2.86. The first kappa shape index (κ1) is 14.7. The van der Waals surface area contributed by atoms with Crippen molar-refractivity contribution < 1.29 is 9.53 Å². The number of nitrogens with two attached hydrogens (primary N) is 1. The molecule has 0 saturated heterocycles. The molecule has 0 aliphatic rings. The van der Waals surface area contributed by atoms with E-state index in [-0.39, 0.29) is 18.1 Å². The summed E-state index contributed by atoms with van der Waals surface area (Å²) in [4.78, 5) is 11.8. The highest BCUT2D eigenvalue weighted by Gasteiger charge is 2.07. The van der Waals surface area contributed by atoms with Crippen LogP contribution < -0.4 is 15.8 Å². The monoisotopic (exact) mass is 301 g/mol. The largest absolute Gasteiger partial charge is 0.482 e. The molecular formula is C15H12ClN3O2. The Labute approximate surface area is 126 Å². The quantitative estimate of drug-likeness (QED) is 0.850. The summed E-state index contributed by atoms with van der Waals surface area (Å²) in [5.74, 6) is -0.0176. The van der Waals surface area contributed by atoms with Crippen molar-refractivity contribution >= 4 is 28.9 Å². The molecule has 0 radical (unpaired) electrons. The van der Waals surface area contributed by atoms with Gasteiger partial charge in [-0.3, -0.25) is 4.79 Å². The number of anilines is 2. The van der Waals surface area contributed by atoms with E-state index in [1.54, 1.807) is 36.4 Å². The number of nitrogens with zero attached hydrogens (tertiary/aromatic N) is 1. The van der Waals surface area contributed by atoms with Gasteiger partial charge >= 0.3 is 0 Å². The molecule has 0 aliphatic carbocycles. The number of carbonyl (C=O) groups excluding carboxylic acids is 1. The number of benzene rings is 2. The van der Waals surface area contributed by atoms with Gasteiger partial charge in [0, 0.05) is 16.4 Å². The van der Waals surface area contributed by atoms with Gasteiger partial charge in [0.15, 0.2) is 6.61 Å². The molecule has 0 heterocycles. The van der Waals surface area contributed by atoms with Crippen LogP contribution in [0.1, 0.15) is 5.56 Å². The molecule has 0 aromatic heterocycles. The van der Waals surface area contributed by atoms with E-state index in [1.165, 1.54) is 6.07 Å². The first-order chi connectivity index (χ1) is 10.1. The second kappa shape index (κ2) is 6.64. The summed E-state index contributed by atoms with van der Waals surface area (Å²) in [6.45, 7) is -0.207. The first-order valence-corrected chi connectivity index (χ1v) is 6.44. The average Bonchev–Trinajstić information content (AvgIpc) is 2.48. The van der Waals surface area contributed by atoms with Crippen LogP contribution in [0.5, 0.6) is 5.75 Å². The number of rotatable bonds is 4. The number of halogens is 1. The fourth-order valence-electron chi connectivity index (χ4n) is 1.63. The Hall–Kier alpha value is -2.71. The average molecular weight is 302 g/mol. The second-order valence-electron chi connectivity index (χ2n) is 4.21. The van der Waals surface area contributed by atoms with Crippen molar-refractivity contribution in [2.75, 3.05) is 17.7 Å². The lowest BCUT2D eigenvalue weighted by atomic mass is 10.2. The third kappa shape index (κ3) is 4.13. The van der Waals surface area contributed by atoms with Gasteiger partial charge in [0.1, 0.15) is 11.8 Å². The minimum atomic E-state index is -0.335. The van der Waals surface area contributed by atoms with Crippen LogP contribution in [0, 0.1) is 11.3 Å². The van der Waals surface area contributed by atoms with Gasteiger partial charge in [-0.1, -0.05) is 11.6 Å². The van der Waals surface area contributed by atoms with Crippen LogP contribution in [-0.4, -0.2) is 12.5 Å². The van der Waals surface area contributed by atoms with Crippen molar-refractivity contribution in [1.29, 1.82) is 5.26 Å². The van der Waals surface area contributed by atoms with Crippen LogP contribution in [0.25, 0.3) is 0 Å². The molecule has 0 unspecified atom stereocenters. The van der Waals surface area contributed by atoms with Gasteiger partial charge in [0.05, 0.1) is 5.56 Å². The van der Waals surface area contributed by atoms with Gasteiger partial charge in [0.25, 0.3) is 5.91 Å². The van der Waals surface area contributed by atoms with E-state index < -0.39 is 0 Å². The van der Waals surface area contributed by atoms with Gasteiger partial charge in [-0.15, -0.1) is 0 Å². The maximum absolute atomic E-state index is 11.8. The lowest BCUT2D eigenvalue weighted by Gasteiger charge is -2.09. The molecule has 6 heteroatoms. The summed E-state index contributed by atoms with van der Waals surface area (Å²) in [7, 11) is 0. The zero-order valence-electron chi connectivity index (χ0n) is 11.0. The molecule has 2 rings (SSSR count). The molecule has 2 aromatic rings. The van der Waals surface area contributed by atoms with Crippen LogP contribution in [0.15, 0.2) is 42.5 Å². The standard InChI is InChI=1S/C15H12ClN3O2/c16-11-1-4-13(5-2-11)19-15(20)9-21-14-6-3-12(18)7-10(14)8-17/h1-7H,9,18H2,(H,19,20). The van der Waals surface area contributed by atoms with E-state index in [0.29, 0.717) is 22.1 Å². The number of hydrogen-bond donors (Lipinski definition) is 2. The topological polar surface area (TPSA) is 88.1 Å². The number of amides is 1. The smallest absolute Gasteiger partial charge is 0.262 e. The van der Waals surface area contributed by atoms with Crippen LogP contribution in [0.4, 0.5) is 11.4 Å². The number of hydrogen-bond acceptors (Lipinski definition) is 4. The summed E-state index contributed by atoms with van der Waals surface area (Å²) < 4.78 is 5.32. The van der Waals surface area contributed by atoms with Crippen LogP contribution in [0.2, 0.25) is 5.02 Å². The molecular weight excluding hydrogens is 290 g/mol. The van der Waals surface area contributed by atoms with Crippen molar-refractivity contribution in [2.24, 2.45) is 0 Å². The Kier molecular flexibility index (Phi) is 4.64. The van der Waals surface area contributed by atoms with Crippen molar-refractivity contribution in [3.05, 3.63) is 53.1 Å². The molecule has 2 aromatic carbocycles. The number of nitrogens with one attached hydrogen (secondary N) is 1. The molecule has 0 spiro atoms. The Balaban J connectivity index is 1.95. The molecule has 0 aliphatic heterocycles. The van der Waals surface area contributed by atoms with Gasteiger partial charge in [0.2, 0.25) is 0 Å². The molecule has 1 amide bonds. The molecule has 5 nitrogen and oxygen atoms in total. The van der Waals surface area contributed by atoms with E-state index in [2.05, 4.69) is 5.32 Å². The SMILES string of the molecule is N#Cc1cc(N)ccc1OCC(=O)Nc1ccc(Cl)cc1. The predicted octanol–water partition coefficient (Wildman–Crippen LogP) is 2.81. The second-order valence-corrected chi connectivity index (χ2v) is 4.65. The van der Waals surface area contributed by atoms with Crippen LogP contribution in [-0.2, 0) is 4.79 Å². The van der Waals surface area contributed by atoms with Crippen LogP contribution >= 0.6 is 11.6 Å². The van der Waals surface area contributed by atoms with Gasteiger partial charge in [-0.25, -0.2) is 0 Å². The Morgan fingerprint density at radius 2 is 2.00 bits per heavy atom. The van der Waals surface area contributed by atoms with Gasteiger partial charge in [-0.05, 0) is 42.5 Å². The molecule has 0 fully saturated rings. The zero-order valence-corrected chi connectivity index (χ0v) is 11.7. The lowest BCUT2D eigenvalue weighted by molar-refractivity contribution is -0.118. The lowest BCUT2D eigenvalue weighted by Crippen LogP contribution is -2.20. The summed E-state index contributed by atoms with van der Waals surface area (Å²) in [5.41, 5.74) is 6.94. The van der Waals surface area contributed by atoms with Crippen molar-refractivity contribution in [3.8, 4) is 11.8 Å². The maximum Gasteiger partial charge on any atom is 0.262 e. The van der Waals surface area contributed by atoms with Crippen molar-refractivity contribution in [2.45, 2.75) is 0 Å². The van der Waals surface area contributed by atoms with Crippen molar-refractivity contribution in [3.63, 3.8) is 0 Å². The van der Waals surface area contributed by atoms with Crippen LogP contribution in [0.3, 0.4) is 0 Å². The molecule has 0 bridgehead atoms. The highest BCUT2D eigenvalue weighted by molar-refractivity contribution is 6.30. The predicted molar refractivity (Wildman–Crippen MR) is 81.1 cm³/mol. The summed E-state index contributed by atoms with van der Waals surface area (Å²) in [5, 5.41) is 12.2. The maximum atomic E-state index is 11.8. The molecule has 21 heavy (non-hydrogen) atoms. The highest BCUT2D eigenvalue weighted by Crippen LogP contribution is 2.20. The highest BCUT2D eigenvalue weighted by atomic mass is 35.5. The van der Waals surface area contributed by atoms with Crippen molar-refractivity contribution in [1.82, 2.24) is 0 Å². The van der Waals surface area contributed by atoms with Gasteiger partial charge in [-0.2, -0.15) is 5.26 Å². The molecule has 3 N–H and O–H groups in total. The normalized spacial score (nSPS) is 9.71. The number of carbonyl (C=O) groups is 1. The first-order valence-electron chi connectivity index (χ1n) is 6.06. The fraction of sp³-hybridized carbons (Fsp3) is 0.0667. The van der Waals surface area contributed by atoms with Gasteiger partial charge < -0.3 is 15.8 Å². The summed E-state index contributed by atoms with van der Waals surface area (Å²) in [6.07, 6.45) is 0. The Morgan fingerprint density at radius 3 is 2.67 bits per heavy atom. The summed E-state index contributed by atoms with van der Waals surface area (Å²) >= 11 is 5.76. The molecule has 0 saturated carbocycles. The minimum absolute atomic E-state index is 0.207. The fourth-order valence-corrected chi connectivity index (χ4v) is 1.76. The number of nitrogen functional groups attached to an aromatic ring is 1. The van der Waals surface area contributed by atoms with E-state index >= 15 is 0 Å². The van der Waals surface area contributed by atoms with E-state index in [4.69, 9.17) is 27.3 Å². The Bertz CT molecular complexity index is 693.